The van der Waals surface area contributed by atoms with E-state index in [1.807, 2.05) is 36.4 Å². The maximum absolute atomic E-state index is 6.12. The molecule has 0 amide bonds. The number of rotatable bonds is 3. The molecule has 3 N–H and O–H groups in total. The highest BCUT2D eigenvalue weighted by molar-refractivity contribution is 6.33. The van der Waals surface area contributed by atoms with E-state index < -0.39 is 0 Å². The van der Waals surface area contributed by atoms with E-state index in [2.05, 4.69) is 12.2 Å². The SMILES string of the molecule is CC(Nc1ccc(N)cc1Cl)c1ccc(Cl)cc1. The highest BCUT2D eigenvalue weighted by atomic mass is 35.5. The zero-order chi connectivity index (χ0) is 13.1. The van der Waals surface area contributed by atoms with Crippen LogP contribution >= 0.6 is 23.2 Å². The Bertz CT molecular complexity index is 538. The third-order valence-electron chi connectivity index (χ3n) is 2.74. The molecule has 0 bridgehead atoms. The molecule has 4 heteroatoms. The summed E-state index contributed by atoms with van der Waals surface area (Å²) in [6.45, 7) is 2.07. The molecule has 18 heavy (non-hydrogen) atoms. The van der Waals surface area contributed by atoms with E-state index in [0.29, 0.717) is 10.7 Å². The van der Waals surface area contributed by atoms with Crippen LogP contribution in [0.2, 0.25) is 10.0 Å². The highest BCUT2D eigenvalue weighted by Crippen LogP contribution is 2.28. The average Bonchev–Trinajstić information content (AvgIpc) is 2.33. The second kappa shape index (κ2) is 5.51. The van der Waals surface area contributed by atoms with Crippen molar-refractivity contribution in [3.63, 3.8) is 0 Å². The van der Waals surface area contributed by atoms with Crippen molar-refractivity contribution in [2.75, 3.05) is 11.1 Å². The first kappa shape index (κ1) is 13.1. The molecule has 2 aromatic rings. The Labute approximate surface area is 117 Å². The second-order valence-electron chi connectivity index (χ2n) is 4.16. The van der Waals surface area contributed by atoms with Gasteiger partial charge in [0.15, 0.2) is 0 Å². The summed E-state index contributed by atoms with van der Waals surface area (Å²) in [5, 5.41) is 4.70. The first-order chi connectivity index (χ1) is 8.56. The lowest BCUT2D eigenvalue weighted by Gasteiger charge is -2.17. The van der Waals surface area contributed by atoms with Crippen molar-refractivity contribution in [1.29, 1.82) is 0 Å². The fourth-order valence-corrected chi connectivity index (χ4v) is 2.09. The summed E-state index contributed by atoms with van der Waals surface area (Å²) in [7, 11) is 0. The molecule has 2 aromatic carbocycles. The summed E-state index contributed by atoms with van der Waals surface area (Å²) in [4.78, 5) is 0. The lowest BCUT2D eigenvalue weighted by Crippen LogP contribution is -2.06. The van der Waals surface area contributed by atoms with E-state index in [-0.39, 0.29) is 6.04 Å². The normalized spacial score (nSPS) is 12.2. The van der Waals surface area contributed by atoms with Gasteiger partial charge in [-0.15, -0.1) is 0 Å². The molecule has 0 fully saturated rings. The van der Waals surface area contributed by atoms with Crippen molar-refractivity contribution in [2.45, 2.75) is 13.0 Å². The molecular formula is C14H14Cl2N2. The number of anilines is 2. The number of nitrogens with two attached hydrogens (primary N) is 1. The number of hydrogen-bond donors (Lipinski definition) is 2. The van der Waals surface area contributed by atoms with Gasteiger partial charge >= 0.3 is 0 Å². The van der Waals surface area contributed by atoms with Gasteiger partial charge in [-0.2, -0.15) is 0 Å². The smallest absolute Gasteiger partial charge is 0.0658 e. The van der Waals surface area contributed by atoms with Crippen LogP contribution in [0.5, 0.6) is 0 Å². The summed E-state index contributed by atoms with van der Waals surface area (Å²) < 4.78 is 0. The number of nitrogens with one attached hydrogen (secondary N) is 1. The lowest BCUT2D eigenvalue weighted by atomic mass is 10.1. The van der Waals surface area contributed by atoms with Crippen LogP contribution in [0.4, 0.5) is 11.4 Å². The summed E-state index contributed by atoms with van der Waals surface area (Å²) >= 11 is 12.0. The van der Waals surface area contributed by atoms with Gasteiger partial charge < -0.3 is 11.1 Å². The van der Waals surface area contributed by atoms with Crippen molar-refractivity contribution in [1.82, 2.24) is 0 Å². The van der Waals surface area contributed by atoms with Crippen LogP contribution in [0.25, 0.3) is 0 Å². The van der Waals surface area contributed by atoms with Gasteiger partial charge in [-0.1, -0.05) is 35.3 Å². The van der Waals surface area contributed by atoms with Crippen LogP contribution in [-0.4, -0.2) is 0 Å². The molecule has 0 aliphatic rings. The second-order valence-corrected chi connectivity index (χ2v) is 5.00. The molecule has 1 atom stereocenters. The van der Waals surface area contributed by atoms with E-state index in [0.717, 1.165) is 16.3 Å². The van der Waals surface area contributed by atoms with Gasteiger partial charge in [0.1, 0.15) is 0 Å². The molecule has 0 aliphatic carbocycles. The first-order valence-corrected chi connectivity index (χ1v) is 6.39. The number of benzene rings is 2. The van der Waals surface area contributed by atoms with Crippen LogP contribution in [-0.2, 0) is 0 Å². The third kappa shape index (κ3) is 3.09. The van der Waals surface area contributed by atoms with Crippen molar-refractivity contribution in [3.05, 3.63) is 58.1 Å². The maximum atomic E-state index is 6.12. The molecule has 0 spiro atoms. The molecule has 94 valence electrons. The standard InChI is InChI=1S/C14H14Cl2N2/c1-9(10-2-4-11(15)5-3-10)18-14-7-6-12(17)8-13(14)16/h2-9,18H,17H2,1H3. The molecule has 0 aromatic heterocycles. The van der Waals surface area contributed by atoms with E-state index >= 15 is 0 Å². The topological polar surface area (TPSA) is 38.0 Å². The van der Waals surface area contributed by atoms with Crippen LogP contribution in [0.15, 0.2) is 42.5 Å². The number of hydrogen-bond acceptors (Lipinski definition) is 2. The molecule has 0 radical (unpaired) electrons. The molecule has 0 aliphatic heterocycles. The largest absolute Gasteiger partial charge is 0.399 e. The van der Waals surface area contributed by atoms with Crippen molar-refractivity contribution in [2.24, 2.45) is 0 Å². The predicted molar refractivity (Wildman–Crippen MR) is 79.4 cm³/mol. The van der Waals surface area contributed by atoms with E-state index in [4.69, 9.17) is 28.9 Å². The summed E-state index contributed by atoms with van der Waals surface area (Å²) in [6, 6.07) is 13.3. The van der Waals surface area contributed by atoms with E-state index in [9.17, 15) is 0 Å². The first-order valence-electron chi connectivity index (χ1n) is 5.63. The molecule has 1 unspecified atom stereocenters. The number of nitrogen functional groups attached to an aromatic ring is 1. The Morgan fingerprint density at radius 3 is 2.33 bits per heavy atom. The predicted octanol–water partition coefficient (Wildman–Crippen LogP) is 4.75. The van der Waals surface area contributed by atoms with Crippen molar-refractivity contribution < 1.29 is 0 Å². The van der Waals surface area contributed by atoms with Crippen LogP contribution in [0.3, 0.4) is 0 Å². The molecular weight excluding hydrogens is 267 g/mol. The van der Waals surface area contributed by atoms with Crippen LogP contribution in [0.1, 0.15) is 18.5 Å². The maximum Gasteiger partial charge on any atom is 0.0658 e. The molecule has 2 rings (SSSR count). The van der Waals surface area contributed by atoms with Crippen molar-refractivity contribution in [3.8, 4) is 0 Å². The zero-order valence-corrected chi connectivity index (χ0v) is 11.5. The van der Waals surface area contributed by atoms with Crippen LogP contribution < -0.4 is 11.1 Å². The third-order valence-corrected chi connectivity index (χ3v) is 3.30. The molecule has 2 nitrogen and oxygen atoms in total. The van der Waals surface area contributed by atoms with Gasteiger partial charge in [0, 0.05) is 16.8 Å². The van der Waals surface area contributed by atoms with Gasteiger partial charge in [-0.3, -0.25) is 0 Å². The van der Waals surface area contributed by atoms with Crippen molar-refractivity contribution >= 4 is 34.6 Å². The minimum absolute atomic E-state index is 0.142. The van der Waals surface area contributed by atoms with E-state index in [1.54, 1.807) is 6.07 Å². The Morgan fingerprint density at radius 1 is 1.06 bits per heavy atom. The Hall–Kier alpha value is -1.38. The van der Waals surface area contributed by atoms with Gasteiger partial charge in [-0.25, -0.2) is 0 Å². The van der Waals surface area contributed by atoms with Crippen LogP contribution in [0, 0.1) is 0 Å². The quantitative estimate of drug-likeness (QED) is 0.797. The minimum Gasteiger partial charge on any atom is -0.399 e. The van der Waals surface area contributed by atoms with Gasteiger partial charge in [0.2, 0.25) is 0 Å². The minimum atomic E-state index is 0.142. The monoisotopic (exact) mass is 280 g/mol. The highest BCUT2D eigenvalue weighted by Gasteiger charge is 2.07. The summed E-state index contributed by atoms with van der Waals surface area (Å²) in [5.74, 6) is 0. The lowest BCUT2D eigenvalue weighted by molar-refractivity contribution is 0.885. The van der Waals surface area contributed by atoms with E-state index in [1.165, 1.54) is 0 Å². The molecule has 0 saturated carbocycles. The molecule has 0 heterocycles. The molecule has 0 saturated heterocycles. The van der Waals surface area contributed by atoms with Gasteiger partial charge in [-0.05, 0) is 42.8 Å². The summed E-state index contributed by atoms with van der Waals surface area (Å²) in [5.41, 5.74) is 8.33. The number of halogens is 2. The fourth-order valence-electron chi connectivity index (χ4n) is 1.72. The Balaban J connectivity index is 2.15. The zero-order valence-electron chi connectivity index (χ0n) is 9.95. The Kier molecular flexibility index (Phi) is 4.00. The fraction of sp³-hybridized carbons (Fsp3) is 0.143. The van der Waals surface area contributed by atoms with Gasteiger partial charge in [0.05, 0.1) is 10.7 Å². The Morgan fingerprint density at radius 2 is 1.72 bits per heavy atom. The van der Waals surface area contributed by atoms with Gasteiger partial charge in [0.25, 0.3) is 0 Å². The summed E-state index contributed by atoms with van der Waals surface area (Å²) in [6.07, 6.45) is 0. The average molecular weight is 281 g/mol.